The molecule has 1 fully saturated rings. The van der Waals surface area contributed by atoms with Gasteiger partial charge in [-0.2, -0.15) is 0 Å². The van der Waals surface area contributed by atoms with Gasteiger partial charge in [0.2, 0.25) is 5.91 Å². The second-order valence-corrected chi connectivity index (χ2v) is 4.98. The Balaban J connectivity index is 2.21. The molecule has 1 aliphatic heterocycles. The van der Waals surface area contributed by atoms with Crippen molar-refractivity contribution in [2.45, 2.75) is 6.04 Å². The number of nitro groups is 1. The van der Waals surface area contributed by atoms with Crippen LogP contribution in [-0.2, 0) is 4.79 Å². The molecule has 2 N–H and O–H groups in total. The summed E-state index contributed by atoms with van der Waals surface area (Å²) in [6.45, 7) is 1.31. The molecule has 0 bridgehead atoms. The van der Waals surface area contributed by atoms with Crippen molar-refractivity contribution < 1.29 is 14.5 Å². The van der Waals surface area contributed by atoms with Crippen LogP contribution in [0.15, 0.2) is 12.3 Å². The van der Waals surface area contributed by atoms with E-state index in [4.69, 9.17) is 0 Å². The van der Waals surface area contributed by atoms with Crippen LogP contribution < -0.4 is 5.32 Å². The first-order valence-corrected chi connectivity index (χ1v) is 6.47. The van der Waals surface area contributed by atoms with E-state index in [0.29, 0.717) is 19.6 Å². The van der Waals surface area contributed by atoms with Gasteiger partial charge in [-0.15, -0.1) is 0 Å². The van der Waals surface area contributed by atoms with Gasteiger partial charge in [0, 0.05) is 39.8 Å². The fourth-order valence-corrected chi connectivity index (χ4v) is 2.23. The third-order valence-corrected chi connectivity index (χ3v) is 3.34. The van der Waals surface area contributed by atoms with E-state index in [0.717, 1.165) is 6.20 Å². The maximum Gasteiger partial charge on any atom is 0.287 e. The topological polar surface area (TPSA) is 112 Å². The zero-order valence-electron chi connectivity index (χ0n) is 11.8. The maximum absolute atomic E-state index is 12.4. The fourth-order valence-electron chi connectivity index (χ4n) is 2.23. The smallest absolute Gasteiger partial charge is 0.287 e. The van der Waals surface area contributed by atoms with Gasteiger partial charge in [-0.1, -0.05) is 0 Å². The first-order valence-electron chi connectivity index (χ1n) is 6.47. The van der Waals surface area contributed by atoms with Crippen molar-refractivity contribution in [3.63, 3.8) is 0 Å². The number of aromatic amines is 1. The molecule has 2 rings (SSSR count). The van der Waals surface area contributed by atoms with Gasteiger partial charge in [-0.25, -0.2) is 0 Å². The fraction of sp³-hybridized carbons (Fsp3) is 0.500. The van der Waals surface area contributed by atoms with Crippen molar-refractivity contribution in [2.24, 2.45) is 0 Å². The predicted molar refractivity (Wildman–Crippen MR) is 73.8 cm³/mol. The van der Waals surface area contributed by atoms with Gasteiger partial charge >= 0.3 is 0 Å². The lowest BCUT2D eigenvalue weighted by Gasteiger charge is -2.36. The van der Waals surface area contributed by atoms with Crippen LogP contribution in [0.3, 0.4) is 0 Å². The van der Waals surface area contributed by atoms with Crippen LogP contribution in [0.25, 0.3) is 0 Å². The molecule has 2 amide bonds. The molecule has 2 heterocycles. The number of carbonyl (C=O) groups is 2. The van der Waals surface area contributed by atoms with E-state index in [1.807, 2.05) is 0 Å². The van der Waals surface area contributed by atoms with Crippen molar-refractivity contribution in [2.75, 3.05) is 33.7 Å². The Kier molecular flexibility index (Phi) is 4.22. The molecule has 1 atom stereocenters. The van der Waals surface area contributed by atoms with Crippen LogP contribution in [0, 0.1) is 10.1 Å². The number of piperazine rings is 1. The summed E-state index contributed by atoms with van der Waals surface area (Å²) in [6.07, 6.45) is 1.16. The SMILES string of the molecule is CN(C)C(=O)C1CNCCN1C(=O)c1cc([N+](=O)[O-])c[nH]1. The summed E-state index contributed by atoms with van der Waals surface area (Å²) in [5, 5.41) is 13.7. The zero-order chi connectivity index (χ0) is 15.6. The lowest BCUT2D eigenvalue weighted by atomic mass is 10.1. The Hall–Kier alpha value is -2.42. The molecular formula is C12H17N5O4. The van der Waals surface area contributed by atoms with Gasteiger partial charge in [0.1, 0.15) is 11.7 Å². The Morgan fingerprint density at radius 1 is 1.48 bits per heavy atom. The van der Waals surface area contributed by atoms with Crippen molar-refractivity contribution in [1.29, 1.82) is 0 Å². The summed E-state index contributed by atoms with van der Waals surface area (Å²) in [6, 6.07) is 0.574. The van der Waals surface area contributed by atoms with Gasteiger partial charge in [-0.3, -0.25) is 19.7 Å². The second kappa shape index (κ2) is 5.92. The molecule has 1 aliphatic rings. The number of hydrogen-bond donors (Lipinski definition) is 2. The Morgan fingerprint density at radius 2 is 2.19 bits per heavy atom. The van der Waals surface area contributed by atoms with Crippen molar-refractivity contribution in [3.8, 4) is 0 Å². The molecule has 9 heteroatoms. The summed E-state index contributed by atoms with van der Waals surface area (Å²) >= 11 is 0. The molecule has 1 unspecified atom stereocenters. The zero-order valence-corrected chi connectivity index (χ0v) is 11.8. The van der Waals surface area contributed by atoms with Crippen LogP contribution in [-0.4, -0.2) is 71.3 Å². The van der Waals surface area contributed by atoms with E-state index >= 15 is 0 Å². The Labute approximate surface area is 121 Å². The molecule has 1 aromatic rings. The standard InChI is InChI=1S/C12H17N5O4/c1-15(2)12(19)10-7-13-3-4-16(10)11(18)9-5-8(6-14-9)17(20)21/h5-6,10,13-14H,3-4,7H2,1-2H3. The number of nitrogens with zero attached hydrogens (tertiary/aromatic N) is 3. The largest absolute Gasteiger partial charge is 0.351 e. The highest BCUT2D eigenvalue weighted by atomic mass is 16.6. The number of likely N-dealkylation sites (N-methyl/N-ethyl adjacent to an activating group) is 1. The van der Waals surface area contributed by atoms with Gasteiger partial charge in [-0.05, 0) is 0 Å². The van der Waals surface area contributed by atoms with Crippen molar-refractivity contribution >= 4 is 17.5 Å². The predicted octanol–water partition coefficient (Wildman–Crippen LogP) is -0.575. The van der Waals surface area contributed by atoms with Gasteiger partial charge in [0.05, 0.1) is 11.1 Å². The van der Waals surface area contributed by atoms with E-state index in [-0.39, 0.29) is 17.3 Å². The minimum atomic E-state index is -0.608. The monoisotopic (exact) mass is 295 g/mol. The summed E-state index contributed by atoms with van der Waals surface area (Å²) < 4.78 is 0. The number of aromatic nitrogens is 1. The first kappa shape index (κ1) is 15.0. The molecule has 0 saturated carbocycles. The molecule has 0 radical (unpaired) electrons. The molecule has 0 aromatic carbocycles. The van der Waals surface area contributed by atoms with E-state index < -0.39 is 16.9 Å². The van der Waals surface area contributed by atoms with Gasteiger partial charge in [0.15, 0.2) is 0 Å². The third kappa shape index (κ3) is 3.02. The molecule has 21 heavy (non-hydrogen) atoms. The van der Waals surface area contributed by atoms with E-state index in [9.17, 15) is 19.7 Å². The van der Waals surface area contributed by atoms with Crippen molar-refractivity contribution in [1.82, 2.24) is 20.1 Å². The number of carbonyl (C=O) groups excluding carboxylic acids is 2. The Bertz CT molecular complexity index is 568. The van der Waals surface area contributed by atoms with Gasteiger partial charge < -0.3 is 20.1 Å². The number of rotatable bonds is 3. The van der Waals surface area contributed by atoms with Crippen LogP contribution in [0.5, 0.6) is 0 Å². The first-order chi connectivity index (χ1) is 9.91. The quantitative estimate of drug-likeness (QED) is 0.572. The lowest BCUT2D eigenvalue weighted by molar-refractivity contribution is -0.384. The summed E-state index contributed by atoms with van der Waals surface area (Å²) in [5.74, 6) is -0.596. The second-order valence-electron chi connectivity index (χ2n) is 4.98. The molecule has 0 aliphatic carbocycles. The van der Waals surface area contributed by atoms with Crippen LogP contribution in [0.4, 0.5) is 5.69 Å². The Morgan fingerprint density at radius 3 is 2.76 bits per heavy atom. The highest BCUT2D eigenvalue weighted by Crippen LogP contribution is 2.16. The molecule has 1 saturated heterocycles. The molecule has 1 aromatic heterocycles. The lowest BCUT2D eigenvalue weighted by Crippen LogP contribution is -2.59. The average Bonchev–Trinajstić information content (AvgIpc) is 2.95. The van der Waals surface area contributed by atoms with Crippen LogP contribution in [0.2, 0.25) is 0 Å². The highest BCUT2D eigenvalue weighted by Gasteiger charge is 2.34. The summed E-state index contributed by atoms with van der Waals surface area (Å²) in [4.78, 5) is 40.1. The summed E-state index contributed by atoms with van der Waals surface area (Å²) in [7, 11) is 3.25. The summed E-state index contributed by atoms with van der Waals surface area (Å²) in [5.41, 5.74) is -0.0656. The number of nitrogens with one attached hydrogen (secondary N) is 2. The molecule has 114 valence electrons. The van der Waals surface area contributed by atoms with Crippen molar-refractivity contribution in [3.05, 3.63) is 28.1 Å². The number of H-pyrrole nitrogens is 1. The van der Waals surface area contributed by atoms with Gasteiger partial charge in [0.25, 0.3) is 11.6 Å². The molecular weight excluding hydrogens is 278 g/mol. The number of hydrogen-bond acceptors (Lipinski definition) is 5. The van der Waals surface area contributed by atoms with Crippen LogP contribution in [0.1, 0.15) is 10.5 Å². The minimum absolute atomic E-state index is 0.111. The highest BCUT2D eigenvalue weighted by molar-refractivity contribution is 5.97. The minimum Gasteiger partial charge on any atom is -0.351 e. The van der Waals surface area contributed by atoms with E-state index in [2.05, 4.69) is 10.3 Å². The van der Waals surface area contributed by atoms with Crippen LogP contribution >= 0.6 is 0 Å². The van der Waals surface area contributed by atoms with E-state index in [1.54, 1.807) is 14.1 Å². The van der Waals surface area contributed by atoms with E-state index in [1.165, 1.54) is 15.9 Å². The average molecular weight is 295 g/mol. The normalized spacial score (nSPS) is 18.4. The molecule has 0 spiro atoms. The molecule has 9 nitrogen and oxygen atoms in total. The number of amides is 2. The maximum atomic E-state index is 12.4. The third-order valence-electron chi connectivity index (χ3n) is 3.34.